The van der Waals surface area contributed by atoms with Crippen LogP contribution in [0, 0.1) is 0 Å². The van der Waals surface area contributed by atoms with Crippen LogP contribution in [0.4, 0.5) is 0 Å². The molecule has 0 fully saturated rings. The van der Waals surface area contributed by atoms with E-state index in [1.807, 2.05) is 24.8 Å². The number of rotatable bonds is 8. The Hall–Kier alpha value is -1.43. The van der Waals surface area contributed by atoms with Crippen molar-refractivity contribution in [2.75, 3.05) is 13.7 Å². The molecule has 0 saturated heterocycles. The lowest BCUT2D eigenvalue weighted by atomic mass is 10.2. The van der Waals surface area contributed by atoms with Crippen molar-refractivity contribution in [3.8, 4) is 0 Å². The van der Waals surface area contributed by atoms with Crippen molar-refractivity contribution in [1.82, 2.24) is 0 Å². The van der Waals surface area contributed by atoms with E-state index in [0.717, 1.165) is 0 Å². The van der Waals surface area contributed by atoms with E-state index < -0.39 is 14.0 Å². The molecule has 0 aliphatic rings. The Morgan fingerprint density at radius 3 is 2.48 bits per heavy atom. The molecule has 1 atom stereocenters. The molecule has 0 N–H and O–H groups in total. The molecule has 5 heteroatoms. The maximum atomic E-state index is 11.8. The van der Waals surface area contributed by atoms with Crippen LogP contribution in [-0.2, 0) is 14.5 Å². The summed E-state index contributed by atoms with van der Waals surface area (Å²) in [6.45, 7) is 10.5. The highest BCUT2D eigenvalue weighted by atomic mass is 28.3. The lowest BCUT2D eigenvalue weighted by Crippen LogP contribution is -2.39. The fourth-order valence-electron chi connectivity index (χ4n) is 1.63. The standard InChI is InChI=1S/C16H24O4Si/c1-6-21(4,5)15-9-7-14(8-10-15)16(17)20-19-12-11-13(2)18-3/h6-10,13H,1,11-12H2,2-5H3. The van der Waals surface area contributed by atoms with E-state index in [-0.39, 0.29) is 6.10 Å². The van der Waals surface area contributed by atoms with Gasteiger partial charge in [-0.1, -0.05) is 36.1 Å². The first kappa shape index (κ1) is 17.6. The molecule has 1 unspecified atom stereocenters. The van der Waals surface area contributed by atoms with Crippen LogP contribution >= 0.6 is 0 Å². The van der Waals surface area contributed by atoms with Gasteiger partial charge in [-0.25, -0.2) is 4.79 Å². The van der Waals surface area contributed by atoms with Crippen molar-refractivity contribution in [2.24, 2.45) is 0 Å². The molecule has 1 aromatic rings. The molecule has 0 heterocycles. The Bertz CT molecular complexity index is 468. The first-order valence-corrected chi connectivity index (χ1v) is 10.1. The van der Waals surface area contributed by atoms with E-state index in [4.69, 9.17) is 14.5 Å². The Morgan fingerprint density at radius 2 is 1.95 bits per heavy atom. The molecular weight excluding hydrogens is 284 g/mol. The predicted molar refractivity (Wildman–Crippen MR) is 86.2 cm³/mol. The molecule has 0 radical (unpaired) electrons. The molecule has 0 bridgehead atoms. The van der Waals surface area contributed by atoms with E-state index in [0.29, 0.717) is 18.6 Å². The highest BCUT2D eigenvalue weighted by Crippen LogP contribution is 2.07. The summed E-state index contributed by atoms with van der Waals surface area (Å²) in [4.78, 5) is 21.5. The topological polar surface area (TPSA) is 44.8 Å². The van der Waals surface area contributed by atoms with Crippen molar-refractivity contribution in [3.05, 3.63) is 42.1 Å². The summed E-state index contributed by atoms with van der Waals surface area (Å²) in [5.74, 6) is -0.482. The van der Waals surface area contributed by atoms with Gasteiger partial charge >= 0.3 is 5.97 Å². The van der Waals surface area contributed by atoms with Crippen LogP contribution in [0.1, 0.15) is 23.7 Å². The molecule has 21 heavy (non-hydrogen) atoms. The van der Waals surface area contributed by atoms with Crippen LogP contribution in [0.2, 0.25) is 13.1 Å². The third-order valence-electron chi connectivity index (χ3n) is 3.52. The average molecular weight is 308 g/mol. The Morgan fingerprint density at radius 1 is 1.33 bits per heavy atom. The smallest absolute Gasteiger partial charge is 0.373 e. The normalized spacial score (nSPS) is 12.8. The maximum absolute atomic E-state index is 11.8. The molecule has 1 rings (SSSR count). The molecular formula is C16H24O4Si. The van der Waals surface area contributed by atoms with Gasteiger partial charge in [0.15, 0.2) is 0 Å². The number of carbonyl (C=O) groups excluding carboxylic acids is 1. The minimum absolute atomic E-state index is 0.0779. The maximum Gasteiger partial charge on any atom is 0.373 e. The second-order valence-electron chi connectivity index (χ2n) is 5.53. The molecule has 4 nitrogen and oxygen atoms in total. The largest absolute Gasteiger partial charge is 0.382 e. The lowest BCUT2D eigenvalue weighted by Gasteiger charge is -2.17. The monoisotopic (exact) mass is 308 g/mol. The van der Waals surface area contributed by atoms with Crippen LogP contribution in [0.3, 0.4) is 0 Å². The molecule has 1 aromatic carbocycles. The van der Waals surface area contributed by atoms with Gasteiger partial charge in [-0.3, -0.25) is 4.89 Å². The fraction of sp³-hybridized carbons (Fsp3) is 0.438. The zero-order chi connectivity index (χ0) is 15.9. The molecule has 0 amide bonds. The zero-order valence-corrected chi connectivity index (χ0v) is 14.2. The van der Waals surface area contributed by atoms with Crippen LogP contribution in [0.5, 0.6) is 0 Å². The minimum Gasteiger partial charge on any atom is -0.382 e. The molecule has 0 aliphatic heterocycles. The molecule has 116 valence electrons. The highest BCUT2D eigenvalue weighted by Gasteiger charge is 2.19. The van der Waals surface area contributed by atoms with Crippen molar-refractivity contribution >= 4 is 19.2 Å². The number of carbonyl (C=O) groups is 1. The van der Waals surface area contributed by atoms with Gasteiger partial charge in [0.2, 0.25) is 0 Å². The zero-order valence-electron chi connectivity index (χ0n) is 13.2. The SMILES string of the molecule is C=C[Si](C)(C)c1ccc(C(=O)OOCCC(C)OC)cc1. The molecule has 0 saturated carbocycles. The molecule has 0 aliphatic carbocycles. The van der Waals surface area contributed by atoms with E-state index >= 15 is 0 Å². The highest BCUT2D eigenvalue weighted by molar-refractivity contribution is 6.93. The van der Waals surface area contributed by atoms with Gasteiger partial charge in [0.05, 0.1) is 18.3 Å². The van der Waals surface area contributed by atoms with Crippen LogP contribution in [-0.4, -0.2) is 33.9 Å². The predicted octanol–water partition coefficient (Wildman–Crippen LogP) is 2.84. The van der Waals surface area contributed by atoms with Crippen LogP contribution in [0.25, 0.3) is 0 Å². The Labute approximate surface area is 127 Å². The molecule has 0 aromatic heterocycles. The number of hydrogen-bond donors (Lipinski definition) is 0. The number of methoxy groups -OCH3 is 1. The van der Waals surface area contributed by atoms with Gasteiger partial charge in [-0.15, -0.1) is 6.58 Å². The van der Waals surface area contributed by atoms with E-state index in [1.165, 1.54) is 5.19 Å². The van der Waals surface area contributed by atoms with Gasteiger partial charge in [-0.2, -0.15) is 4.89 Å². The summed E-state index contributed by atoms with van der Waals surface area (Å²) < 4.78 is 5.07. The summed E-state index contributed by atoms with van der Waals surface area (Å²) in [7, 11) is 0.0387. The van der Waals surface area contributed by atoms with Crippen LogP contribution < -0.4 is 5.19 Å². The summed E-state index contributed by atoms with van der Waals surface area (Å²) in [5, 5.41) is 1.23. The van der Waals surface area contributed by atoms with E-state index in [2.05, 4.69) is 19.7 Å². The van der Waals surface area contributed by atoms with Crippen molar-refractivity contribution in [1.29, 1.82) is 0 Å². The quantitative estimate of drug-likeness (QED) is 0.321. The van der Waals surface area contributed by atoms with Crippen molar-refractivity contribution in [2.45, 2.75) is 32.5 Å². The first-order chi connectivity index (χ1) is 9.90. The third-order valence-corrected chi connectivity index (χ3v) is 6.36. The summed E-state index contributed by atoms with van der Waals surface area (Å²) in [6.07, 6.45) is 0.746. The van der Waals surface area contributed by atoms with Gasteiger partial charge in [0.25, 0.3) is 0 Å². The average Bonchev–Trinajstić information content (AvgIpc) is 2.51. The van der Waals surface area contributed by atoms with Crippen molar-refractivity contribution in [3.63, 3.8) is 0 Å². The lowest BCUT2D eigenvalue weighted by molar-refractivity contribution is -0.244. The third kappa shape index (κ3) is 5.45. The second-order valence-corrected chi connectivity index (χ2v) is 9.96. The fourth-order valence-corrected chi connectivity index (χ4v) is 2.89. The summed E-state index contributed by atoms with van der Waals surface area (Å²) in [6, 6.07) is 7.43. The minimum atomic E-state index is -1.59. The van der Waals surface area contributed by atoms with Gasteiger partial charge in [0, 0.05) is 13.5 Å². The molecule has 0 spiro atoms. The van der Waals surface area contributed by atoms with Crippen molar-refractivity contribution < 1.29 is 19.3 Å². The van der Waals surface area contributed by atoms with Gasteiger partial charge in [0.1, 0.15) is 8.07 Å². The number of hydrogen-bond acceptors (Lipinski definition) is 4. The number of ether oxygens (including phenoxy) is 1. The van der Waals surface area contributed by atoms with E-state index in [1.54, 1.807) is 19.2 Å². The Balaban J connectivity index is 2.50. The summed E-state index contributed by atoms with van der Waals surface area (Å²) >= 11 is 0. The van der Waals surface area contributed by atoms with Gasteiger partial charge in [-0.05, 0) is 19.1 Å². The number of benzene rings is 1. The van der Waals surface area contributed by atoms with Gasteiger partial charge < -0.3 is 4.74 Å². The second kappa shape index (κ2) is 8.12. The van der Waals surface area contributed by atoms with Crippen LogP contribution in [0.15, 0.2) is 36.5 Å². The summed E-state index contributed by atoms with van der Waals surface area (Å²) in [5.41, 5.74) is 2.49. The van der Waals surface area contributed by atoms with E-state index in [9.17, 15) is 4.79 Å². The Kier molecular flexibility index (Phi) is 6.81. The first-order valence-electron chi connectivity index (χ1n) is 7.01.